The van der Waals surface area contributed by atoms with Crippen LogP contribution in [0.4, 0.5) is 26.3 Å². The number of nitrogens with zero attached hydrogens (tertiary/aromatic N) is 7. The number of hydrazine groups is 1. The number of amidine groups is 1. The standard InChI is InChI=1S/C27H22ClF3N4O2.C26H23ClF3N5O3.CH4/c1-15-12-34(14-33-15)23-4-3-16(6-25(23)37-2)5-18-7-19(28)13-35-24(10-20(36)11-32-27(18)35)17-8-21(29)26(31)22(30)9-17;1-14-11-34(13-32-14)21-4-3-15(6-23(21)38-2)5-17-7-18(27)12-35(26(17)37)22(10-24(36)33-31)16-8-19(28)25(30)20(29)9-16;/h3-4,6-9,12-14,24H,5,10-11H2,1-2H3;3-4,6-9,11-13,22H,5,10,31H2,1-2H3,(H,33,36);1H4. The number of hydrogen-bond donors (Lipinski definition) is 2. The van der Waals surface area contributed by atoms with Crippen molar-refractivity contribution in [3.63, 3.8) is 0 Å². The van der Waals surface area contributed by atoms with Gasteiger partial charge in [-0.05, 0) is 96.8 Å². The summed E-state index contributed by atoms with van der Waals surface area (Å²) in [6.45, 7) is 3.66. The smallest absolute Gasteiger partial charge is 0.254 e. The number of aromatic nitrogens is 5. The molecule has 22 heteroatoms. The second-order valence-electron chi connectivity index (χ2n) is 17.5. The van der Waals surface area contributed by atoms with E-state index in [-0.39, 0.29) is 54.3 Å². The molecule has 0 saturated heterocycles. The molecule has 2 atom stereocenters. The van der Waals surface area contributed by atoms with E-state index in [4.69, 9.17) is 38.5 Å². The van der Waals surface area contributed by atoms with Crippen LogP contribution >= 0.6 is 23.2 Å². The van der Waals surface area contributed by atoms with Gasteiger partial charge in [0.2, 0.25) is 5.91 Å². The molecule has 3 aromatic heterocycles. The summed E-state index contributed by atoms with van der Waals surface area (Å²) in [6.07, 6.45) is 11.6. The van der Waals surface area contributed by atoms with Crippen LogP contribution in [-0.2, 0) is 22.4 Å². The van der Waals surface area contributed by atoms with E-state index < -0.39 is 64.9 Å². The van der Waals surface area contributed by atoms with Crippen LogP contribution < -0.4 is 26.3 Å². The van der Waals surface area contributed by atoms with Crippen molar-refractivity contribution in [2.75, 3.05) is 20.8 Å². The molecular weight excluding hydrogens is 1040 g/mol. The average Bonchev–Trinajstić information content (AvgIpc) is 3.99. The number of aryl methyl sites for hydroxylation is 2. The number of Topliss-reactive ketones (excluding diaryl/α,β-unsaturated/α-hetero) is 1. The number of rotatable bonds is 13. The molecule has 0 aliphatic carbocycles. The van der Waals surface area contributed by atoms with Gasteiger partial charge in [0, 0.05) is 55.2 Å². The molecule has 76 heavy (non-hydrogen) atoms. The Kier molecular flexibility index (Phi) is 17.4. The van der Waals surface area contributed by atoms with E-state index in [1.54, 1.807) is 47.6 Å². The number of methoxy groups -OCH3 is 2. The van der Waals surface area contributed by atoms with Gasteiger partial charge in [0.1, 0.15) is 17.3 Å². The third-order valence-electron chi connectivity index (χ3n) is 12.3. The number of halogens is 8. The number of nitrogens with one attached hydrogen (secondary N) is 1. The Balaban J connectivity index is 0.000000218. The van der Waals surface area contributed by atoms with Crippen molar-refractivity contribution in [3.05, 3.63) is 210 Å². The van der Waals surface area contributed by atoms with E-state index in [0.717, 1.165) is 57.2 Å². The van der Waals surface area contributed by atoms with Crippen LogP contribution in [0.3, 0.4) is 0 Å². The molecule has 0 bridgehead atoms. The lowest BCUT2D eigenvalue weighted by Crippen LogP contribution is -2.35. The third kappa shape index (κ3) is 12.3. The highest BCUT2D eigenvalue weighted by atomic mass is 35.5. The molecule has 3 N–H and O–H groups in total. The van der Waals surface area contributed by atoms with Crippen LogP contribution in [0.2, 0.25) is 5.02 Å². The van der Waals surface area contributed by atoms with Crippen LogP contribution in [0, 0.1) is 48.8 Å². The molecule has 1 amide bonds. The Morgan fingerprint density at radius 1 is 0.776 bits per heavy atom. The van der Waals surface area contributed by atoms with Gasteiger partial charge in [-0.15, -0.1) is 0 Å². The van der Waals surface area contributed by atoms with Gasteiger partial charge in [0.05, 0.1) is 84.7 Å². The Morgan fingerprint density at radius 2 is 1.32 bits per heavy atom. The first-order valence-corrected chi connectivity index (χ1v) is 23.6. The molecule has 14 nitrogen and oxygen atoms in total. The number of allylic oxidation sites excluding steroid dienone is 2. The molecule has 396 valence electrons. The van der Waals surface area contributed by atoms with Gasteiger partial charge in [0.25, 0.3) is 5.56 Å². The minimum atomic E-state index is -1.67. The van der Waals surface area contributed by atoms with Crippen LogP contribution in [0.5, 0.6) is 11.5 Å². The zero-order chi connectivity index (χ0) is 53.8. The van der Waals surface area contributed by atoms with Crippen molar-refractivity contribution >= 4 is 40.7 Å². The van der Waals surface area contributed by atoms with Gasteiger partial charge < -0.3 is 28.1 Å². The van der Waals surface area contributed by atoms with Crippen molar-refractivity contribution < 1.29 is 45.4 Å². The molecule has 4 aromatic carbocycles. The van der Waals surface area contributed by atoms with Gasteiger partial charge in [-0.3, -0.25) is 24.8 Å². The maximum atomic E-state index is 14.1. The second-order valence-corrected chi connectivity index (χ2v) is 18.4. The molecule has 2 aliphatic heterocycles. The van der Waals surface area contributed by atoms with E-state index in [9.17, 15) is 40.7 Å². The number of benzene rings is 4. The summed E-state index contributed by atoms with van der Waals surface area (Å²) in [5.41, 5.74) is 7.15. The zero-order valence-corrected chi connectivity index (χ0v) is 41.9. The second kappa shape index (κ2) is 23.7. The zero-order valence-electron chi connectivity index (χ0n) is 40.4. The number of ether oxygens (including phenoxy) is 2. The Morgan fingerprint density at radius 3 is 1.83 bits per heavy atom. The molecule has 2 unspecified atom stereocenters. The molecule has 0 saturated carbocycles. The first kappa shape index (κ1) is 55.8. The summed E-state index contributed by atoms with van der Waals surface area (Å²) >= 11 is 12.8. The van der Waals surface area contributed by atoms with Crippen molar-refractivity contribution in [2.24, 2.45) is 10.8 Å². The number of nitrogens with two attached hydrogens (primary N) is 1. The quantitative estimate of drug-likeness (QED) is 0.0376. The fraction of sp³-hybridized carbons (Fsp3) is 0.222. The average molecular weight is 1090 g/mol. The van der Waals surface area contributed by atoms with Gasteiger partial charge in [-0.25, -0.2) is 42.2 Å². The van der Waals surface area contributed by atoms with Crippen LogP contribution in [0.25, 0.3) is 11.4 Å². The third-order valence-corrected chi connectivity index (χ3v) is 12.7. The van der Waals surface area contributed by atoms with Crippen LogP contribution in [0.15, 0.2) is 131 Å². The number of pyridine rings is 1. The van der Waals surface area contributed by atoms with Crippen molar-refractivity contribution in [1.82, 2.24) is 34.0 Å². The lowest BCUT2D eigenvalue weighted by Gasteiger charge is -2.33. The fourth-order valence-corrected chi connectivity index (χ4v) is 9.24. The summed E-state index contributed by atoms with van der Waals surface area (Å²) in [7, 11) is 3.10. The molecule has 0 spiro atoms. The SMILES string of the molecule is C.COc1cc(CC2=CC(Cl)=CN3C2=NCC(=O)CC3c2cc(F)c(F)c(F)c2)ccc1-n1cnc(C)c1.COc1cc(Cc2cc(Cl)cn(C(CC(=O)NN)c3cc(F)c(F)c(F)c3)c2=O)ccc1-n1cnc(C)c1. The molecule has 7 aromatic rings. The lowest BCUT2D eigenvalue weighted by atomic mass is 9.96. The number of amides is 1. The Labute approximate surface area is 442 Å². The predicted molar refractivity (Wildman–Crippen MR) is 275 cm³/mol. The van der Waals surface area contributed by atoms with E-state index >= 15 is 0 Å². The molecule has 2 aliphatic rings. The fourth-order valence-electron chi connectivity index (χ4n) is 8.76. The Hall–Kier alpha value is -7.94. The van der Waals surface area contributed by atoms with Gasteiger partial charge in [-0.1, -0.05) is 42.8 Å². The monoisotopic (exact) mass is 1090 g/mol. The summed E-state index contributed by atoms with van der Waals surface area (Å²) in [5.74, 6) is -2.91. The Bertz CT molecular complexity index is 3480. The van der Waals surface area contributed by atoms with E-state index in [2.05, 4.69) is 15.0 Å². The van der Waals surface area contributed by atoms with Crippen molar-refractivity contribution in [2.45, 2.75) is 59.0 Å². The van der Waals surface area contributed by atoms with Crippen molar-refractivity contribution in [1.29, 1.82) is 0 Å². The number of carbonyl (C=O) groups excluding carboxylic acids is 2. The van der Waals surface area contributed by atoms with Gasteiger partial charge in [0.15, 0.2) is 40.7 Å². The number of imidazole rings is 2. The lowest BCUT2D eigenvalue weighted by molar-refractivity contribution is -0.121. The van der Waals surface area contributed by atoms with Crippen molar-refractivity contribution in [3.8, 4) is 22.9 Å². The van der Waals surface area contributed by atoms with E-state index in [1.165, 1.54) is 19.4 Å². The maximum absolute atomic E-state index is 14.1. The van der Waals surface area contributed by atoms with Gasteiger partial charge >= 0.3 is 0 Å². The van der Waals surface area contributed by atoms with Crippen LogP contribution in [-0.4, -0.2) is 66.9 Å². The van der Waals surface area contributed by atoms with Gasteiger partial charge in [-0.2, -0.15) is 0 Å². The highest BCUT2D eigenvalue weighted by molar-refractivity contribution is 6.32. The largest absolute Gasteiger partial charge is 0.495 e. The summed E-state index contributed by atoms with van der Waals surface area (Å²) < 4.78 is 99.3. The molecule has 0 fully saturated rings. The summed E-state index contributed by atoms with van der Waals surface area (Å²) in [5, 5.41) is 0.493. The number of hydrogen-bond acceptors (Lipinski definition) is 10. The predicted octanol–water partition coefficient (Wildman–Crippen LogP) is 10.2. The van der Waals surface area contributed by atoms with E-state index in [1.807, 2.05) is 66.6 Å². The highest BCUT2D eigenvalue weighted by Crippen LogP contribution is 2.37. The molecule has 9 rings (SSSR count). The first-order valence-electron chi connectivity index (χ1n) is 22.8. The number of ketones is 1. The number of aliphatic imine (C=N–C) groups is 1. The molecule has 0 radical (unpaired) electrons. The first-order chi connectivity index (χ1) is 35.8. The molecular formula is C54H49Cl2F6N9O5. The number of fused-ring (bicyclic) bond motifs is 1. The maximum Gasteiger partial charge on any atom is 0.254 e. The highest BCUT2D eigenvalue weighted by Gasteiger charge is 2.33. The summed E-state index contributed by atoms with van der Waals surface area (Å²) in [4.78, 5) is 52.8. The number of carbonyl (C=O) groups is 2. The van der Waals surface area contributed by atoms with E-state index in [0.29, 0.717) is 39.9 Å². The summed E-state index contributed by atoms with van der Waals surface area (Å²) in [6, 6.07) is 13.8. The minimum absolute atomic E-state index is 0. The van der Waals surface area contributed by atoms with Crippen LogP contribution in [0.1, 0.15) is 71.6 Å². The minimum Gasteiger partial charge on any atom is -0.495 e. The molecule has 5 heterocycles. The topological polar surface area (TPSA) is 164 Å². The normalized spacial score (nSPS) is 14.5.